The van der Waals surface area contributed by atoms with Crippen LogP contribution in [0, 0.1) is 0 Å². The molecule has 2 fully saturated rings. The van der Waals surface area contributed by atoms with Crippen LogP contribution in [0.5, 0.6) is 0 Å². The minimum Gasteiger partial charge on any atom is -0.373 e. The number of nitrogens with zero attached hydrogens (tertiary/aromatic N) is 2. The highest BCUT2D eigenvalue weighted by atomic mass is 32.2. The minimum atomic E-state index is 0.547. The largest absolute Gasteiger partial charge is 0.373 e. The molecule has 110 valence electrons. The quantitative estimate of drug-likeness (QED) is 0.870. The fourth-order valence-electron chi connectivity index (χ4n) is 2.93. The zero-order valence-electron chi connectivity index (χ0n) is 12.4. The van der Waals surface area contributed by atoms with Crippen LogP contribution in [0.25, 0.3) is 0 Å². The number of thioether (sulfide) groups is 1. The first-order valence-corrected chi connectivity index (χ1v) is 8.95. The van der Waals surface area contributed by atoms with Gasteiger partial charge < -0.3 is 10.6 Å². The summed E-state index contributed by atoms with van der Waals surface area (Å²) in [7, 11) is 1.92. The molecule has 0 radical (unpaired) electrons. The Balaban J connectivity index is 1.76. The second kappa shape index (κ2) is 6.20. The van der Waals surface area contributed by atoms with Crippen LogP contribution in [-0.4, -0.2) is 34.6 Å². The Hall–Kier alpha value is -0.970. The smallest absolute Gasteiger partial charge is 0.136 e. The van der Waals surface area contributed by atoms with Gasteiger partial charge in [0.05, 0.1) is 0 Å². The Bertz CT molecular complexity index is 461. The summed E-state index contributed by atoms with van der Waals surface area (Å²) in [5.41, 5.74) is 0. The highest BCUT2D eigenvalue weighted by molar-refractivity contribution is 7.99. The van der Waals surface area contributed by atoms with Gasteiger partial charge in [-0.25, -0.2) is 9.97 Å². The van der Waals surface area contributed by atoms with Gasteiger partial charge in [0.25, 0.3) is 0 Å². The number of aromatic nitrogens is 2. The molecule has 1 heterocycles. The Morgan fingerprint density at radius 1 is 1.10 bits per heavy atom. The molecule has 0 amide bonds. The SMILES string of the molecule is CNc1cc(NC2CCCCC2SC)nc(C2CC2)n1. The monoisotopic (exact) mass is 292 g/mol. The lowest BCUT2D eigenvalue weighted by Crippen LogP contribution is -2.34. The number of hydrogen-bond donors (Lipinski definition) is 2. The molecule has 0 aromatic carbocycles. The van der Waals surface area contributed by atoms with Crippen LogP contribution < -0.4 is 10.6 Å². The molecule has 2 atom stereocenters. The van der Waals surface area contributed by atoms with E-state index in [1.807, 2.05) is 24.9 Å². The van der Waals surface area contributed by atoms with Crippen LogP contribution >= 0.6 is 11.8 Å². The van der Waals surface area contributed by atoms with E-state index in [4.69, 9.17) is 4.98 Å². The lowest BCUT2D eigenvalue weighted by molar-refractivity contribution is 0.474. The van der Waals surface area contributed by atoms with Gasteiger partial charge in [-0.1, -0.05) is 12.8 Å². The van der Waals surface area contributed by atoms with Crippen molar-refractivity contribution in [2.75, 3.05) is 23.9 Å². The molecule has 2 aliphatic rings. The maximum absolute atomic E-state index is 4.73. The number of nitrogens with one attached hydrogen (secondary N) is 2. The van der Waals surface area contributed by atoms with Crippen LogP contribution in [-0.2, 0) is 0 Å². The summed E-state index contributed by atoms with van der Waals surface area (Å²) >= 11 is 1.98. The zero-order chi connectivity index (χ0) is 13.9. The van der Waals surface area contributed by atoms with Gasteiger partial charge in [-0.2, -0.15) is 11.8 Å². The minimum absolute atomic E-state index is 0.547. The molecule has 2 saturated carbocycles. The molecule has 20 heavy (non-hydrogen) atoms. The molecule has 0 spiro atoms. The first-order chi connectivity index (χ1) is 9.80. The van der Waals surface area contributed by atoms with Crippen molar-refractivity contribution < 1.29 is 0 Å². The average molecular weight is 292 g/mol. The fraction of sp³-hybridized carbons (Fsp3) is 0.733. The second-order valence-corrected chi connectivity index (χ2v) is 6.91. The molecule has 1 aromatic heterocycles. The van der Waals surface area contributed by atoms with Crippen molar-refractivity contribution in [2.45, 2.75) is 55.7 Å². The number of anilines is 2. The molecule has 0 saturated heterocycles. The van der Waals surface area contributed by atoms with Crippen LogP contribution in [0.1, 0.15) is 50.3 Å². The Morgan fingerprint density at radius 3 is 2.55 bits per heavy atom. The summed E-state index contributed by atoms with van der Waals surface area (Å²) < 4.78 is 0. The normalized spacial score (nSPS) is 26.3. The molecule has 1 aromatic rings. The summed E-state index contributed by atoms with van der Waals surface area (Å²) in [5, 5.41) is 7.53. The van der Waals surface area contributed by atoms with Crippen LogP contribution in [0.3, 0.4) is 0 Å². The number of hydrogen-bond acceptors (Lipinski definition) is 5. The van der Waals surface area contributed by atoms with Crippen molar-refractivity contribution in [1.82, 2.24) is 9.97 Å². The summed E-state index contributed by atoms with van der Waals surface area (Å²) in [5.74, 6) is 3.53. The molecule has 4 nitrogen and oxygen atoms in total. The van der Waals surface area contributed by atoms with Crippen molar-refractivity contribution in [1.29, 1.82) is 0 Å². The fourth-order valence-corrected chi connectivity index (χ4v) is 3.86. The van der Waals surface area contributed by atoms with E-state index in [9.17, 15) is 0 Å². The standard InChI is InChI=1S/C15H24N4S/c1-16-13-9-14(19-15(18-13)10-7-8-10)17-11-5-3-4-6-12(11)20-2/h9-12H,3-8H2,1-2H3,(H2,16,17,18,19). The van der Waals surface area contributed by atoms with Gasteiger partial charge in [-0.15, -0.1) is 0 Å². The van der Waals surface area contributed by atoms with Crippen LogP contribution in [0.15, 0.2) is 6.07 Å². The van der Waals surface area contributed by atoms with E-state index in [0.29, 0.717) is 17.2 Å². The van der Waals surface area contributed by atoms with E-state index < -0.39 is 0 Å². The first-order valence-electron chi connectivity index (χ1n) is 7.66. The predicted molar refractivity (Wildman–Crippen MR) is 86.7 cm³/mol. The average Bonchev–Trinajstić information content (AvgIpc) is 3.32. The maximum atomic E-state index is 4.73. The van der Waals surface area contributed by atoms with E-state index in [2.05, 4.69) is 21.9 Å². The number of rotatable bonds is 5. The third kappa shape index (κ3) is 3.19. The zero-order valence-corrected chi connectivity index (χ0v) is 13.2. The molecule has 0 bridgehead atoms. The van der Waals surface area contributed by atoms with Crippen molar-refractivity contribution in [3.63, 3.8) is 0 Å². The molecule has 2 N–H and O–H groups in total. The van der Waals surface area contributed by atoms with Crippen molar-refractivity contribution in [3.05, 3.63) is 11.9 Å². The van der Waals surface area contributed by atoms with Gasteiger partial charge in [0.2, 0.25) is 0 Å². The second-order valence-electron chi connectivity index (χ2n) is 5.83. The molecular weight excluding hydrogens is 268 g/mol. The third-order valence-corrected chi connectivity index (χ3v) is 5.45. The first kappa shape index (κ1) is 14.0. The topological polar surface area (TPSA) is 49.8 Å². The van der Waals surface area contributed by atoms with Gasteiger partial charge in [0.1, 0.15) is 17.5 Å². The summed E-state index contributed by atoms with van der Waals surface area (Å²) in [4.78, 5) is 9.31. The predicted octanol–water partition coefficient (Wildman–Crippen LogP) is 3.48. The molecule has 2 aliphatic carbocycles. The molecule has 0 aliphatic heterocycles. The lowest BCUT2D eigenvalue weighted by atomic mass is 9.95. The molecule has 3 rings (SSSR count). The Kier molecular flexibility index (Phi) is 4.34. The van der Waals surface area contributed by atoms with Crippen molar-refractivity contribution in [2.24, 2.45) is 0 Å². The summed E-state index contributed by atoms with van der Waals surface area (Å²) in [6.45, 7) is 0. The van der Waals surface area contributed by atoms with Gasteiger partial charge in [-0.3, -0.25) is 0 Å². The van der Waals surface area contributed by atoms with Crippen molar-refractivity contribution >= 4 is 23.4 Å². The highest BCUT2D eigenvalue weighted by Gasteiger charge is 2.28. The van der Waals surface area contributed by atoms with E-state index >= 15 is 0 Å². The van der Waals surface area contributed by atoms with E-state index in [0.717, 1.165) is 17.5 Å². The van der Waals surface area contributed by atoms with Gasteiger partial charge in [-0.05, 0) is 31.9 Å². The van der Waals surface area contributed by atoms with Gasteiger partial charge in [0, 0.05) is 30.3 Å². The molecule has 2 unspecified atom stereocenters. The van der Waals surface area contributed by atoms with Gasteiger partial charge >= 0.3 is 0 Å². The summed E-state index contributed by atoms with van der Waals surface area (Å²) in [6, 6.07) is 2.59. The van der Waals surface area contributed by atoms with Crippen LogP contribution in [0.4, 0.5) is 11.6 Å². The molecule has 5 heteroatoms. The van der Waals surface area contributed by atoms with Crippen molar-refractivity contribution in [3.8, 4) is 0 Å². The molecular formula is C15H24N4S. The lowest BCUT2D eigenvalue weighted by Gasteiger charge is -2.31. The van der Waals surface area contributed by atoms with Gasteiger partial charge in [0.15, 0.2) is 0 Å². The Morgan fingerprint density at radius 2 is 1.85 bits per heavy atom. The highest BCUT2D eigenvalue weighted by Crippen LogP contribution is 2.39. The van der Waals surface area contributed by atoms with E-state index in [1.165, 1.54) is 38.5 Å². The van der Waals surface area contributed by atoms with E-state index in [-0.39, 0.29) is 0 Å². The van der Waals surface area contributed by atoms with Crippen LogP contribution in [0.2, 0.25) is 0 Å². The summed E-state index contributed by atoms with van der Waals surface area (Å²) in [6.07, 6.45) is 9.96. The maximum Gasteiger partial charge on any atom is 0.136 e. The third-order valence-electron chi connectivity index (χ3n) is 4.28. The van der Waals surface area contributed by atoms with E-state index in [1.54, 1.807) is 0 Å². The Labute approximate surface area is 125 Å².